The molecule has 0 aromatic heterocycles. The maximum absolute atomic E-state index is 10.3. The predicted molar refractivity (Wildman–Crippen MR) is 43.9 cm³/mol. The fourth-order valence-electron chi connectivity index (χ4n) is 1.23. The first-order valence-electron chi connectivity index (χ1n) is 4.20. The molecule has 1 aliphatic rings. The van der Waals surface area contributed by atoms with Gasteiger partial charge in [0.2, 0.25) is 0 Å². The van der Waals surface area contributed by atoms with E-state index in [4.69, 9.17) is 15.5 Å². The van der Waals surface area contributed by atoms with Crippen LogP contribution in [0.25, 0.3) is 0 Å². The largest absolute Gasteiger partial charge is 0.465 e. The summed E-state index contributed by atoms with van der Waals surface area (Å²) in [6.45, 7) is 0. The SMILES string of the molecule is N#CC(O)C(CC1CC1)NC(=O)O. The van der Waals surface area contributed by atoms with Gasteiger partial charge in [0.1, 0.15) is 0 Å². The van der Waals surface area contributed by atoms with Crippen molar-refractivity contribution < 1.29 is 15.0 Å². The van der Waals surface area contributed by atoms with Gasteiger partial charge in [-0.05, 0) is 12.3 Å². The van der Waals surface area contributed by atoms with E-state index >= 15 is 0 Å². The van der Waals surface area contributed by atoms with Crippen LogP contribution in [-0.2, 0) is 0 Å². The maximum Gasteiger partial charge on any atom is 0.405 e. The molecule has 1 aliphatic carbocycles. The molecular formula is C8H12N2O3. The molecule has 0 heterocycles. The molecule has 1 saturated carbocycles. The van der Waals surface area contributed by atoms with E-state index in [1.165, 1.54) is 0 Å². The first-order valence-corrected chi connectivity index (χ1v) is 4.20. The Labute approximate surface area is 76.0 Å². The van der Waals surface area contributed by atoms with Crippen molar-refractivity contribution in [2.45, 2.75) is 31.4 Å². The lowest BCUT2D eigenvalue weighted by Gasteiger charge is -2.17. The number of nitriles is 1. The second-order valence-electron chi connectivity index (χ2n) is 3.31. The van der Waals surface area contributed by atoms with Crippen LogP contribution in [0.4, 0.5) is 4.79 Å². The number of amides is 1. The number of carbonyl (C=O) groups is 1. The molecule has 2 unspecified atom stereocenters. The summed E-state index contributed by atoms with van der Waals surface area (Å²) < 4.78 is 0. The lowest BCUT2D eigenvalue weighted by Crippen LogP contribution is -2.42. The van der Waals surface area contributed by atoms with Gasteiger partial charge in [0, 0.05) is 0 Å². The average molecular weight is 184 g/mol. The van der Waals surface area contributed by atoms with Gasteiger partial charge in [-0.25, -0.2) is 4.79 Å². The highest BCUT2D eigenvalue weighted by molar-refractivity contribution is 5.65. The molecule has 0 spiro atoms. The minimum atomic E-state index is -1.24. The van der Waals surface area contributed by atoms with Crippen molar-refractivity contribution in [3.63, 3.8) is 0 Å². The van der Waals surface area contributed by atoms with Crippen LogP contribution in [-0.4, -0.2) is 28.5 Å². The van der Waals surface area contributed by atoms with Gasteiger partial charge in [-0.2, -0.15) is 5.26 Å². The summed E-state index contributed by atoms with van der Waals surface area (Å²) in [4.78, 5) is 10.3. The van der Waals surface area contributed by atoms with Crippen LogP contribution in [0.2, 0.25) is 0 Å². The van der Waals surface area contributed by atoms with Crippen molar-refractivity contribution in [1.82, 2.24) is 5.32 Å². The van der Waals surface area contributed by atoms with Crippen molar-refractivity contribution in [3.8, 4) is 6.07 Å². The minimum absolute atomic E-state index is 0.472. The van der Waals surface area contributed by atoms with Crippen LogP contribution in [0.15, 0.2) is 0 Å². The van der Waals surface area contributed by atoms with Gasteiger partial charge in [-0.3, -0.25) is 0 Å². The minimum Gasteiger partial charge on any atom is -0.465 e. The number of carboxylic acid groups (broad SMARTS) is 1. The molecule has 1 amide bonds. The van der Waals surface area contributed by atoms with E-state index in [0.717, 1.165) is 12.8 Å². The molecule has 3 N–H and O–H groups in total. The Morgan fingerprint density at radius 2 is 2.31 bits per heavy atom. The predicted octanol–water partition coefficient (Wildman–Crippen LogP) is 0.307. The summed E-state index contributed by atoms with van der Waals surface area (Å²) in [5.41, 5.74) is 0. The lowest BCUT2D eigenvalue weighted by molar-refractivity contribution is 0.149. The van der Waals surface area contributed by atoms with E-state index in [1.807, 2.05) is 0 Å². The monoisotopic (exact) mass is 184 g/mol. The molecule has 0 aromatic carbocycles. The smallest absolute Gasteiger partial charge is 0.405 e. The zero-order valence-electron chi connectivity index (χ0n) is 7.10. The lowest BCUT2D eigenvalue weighted by atomic mass is 10.1. The summed E-state index contributed by atoms with van der Waals surface area (Å²) >= 11 is 0. The molecule has 5 nitrogen and oxygen atoms in total. The Morgan fingerprint density at radius 1 is 1.69 bits per heavy atom. The fourth-order valence-corrected chi connectivity index (χ4v) is 1.23. The number of hydrogen-bond donors (Lipinski definition) is 3. The number of nitrogens with zero attached hydrogens (tertiary/aromatic N) is 1. The van der Waals surface area contributed by atoms with E-state index in [2.05, 4.69) is 5.32 Å². The molecule has 0 saturated heterocycles. The van der Waals surface area contributed by atoms with Crippen molar-refractivity contribution in [1.29, 1.82) is 5.26 Å². The van der Waals surface area contributed by atoms with Crippen LogP contribution in [0, 0.1) is 17.2 Å². The second kappa shape index (κ2) is 4.10. The summed E-state index contributed by atoms with van der Waals surface area (Å²) in [6, 6.07) is 0.990. The zero-order chi connectivity index (χ0) is 9.84. The normalized spacial score (nSPS) is 20.0. The standard InChI is InChI=1S/C8H12N2O3/c9-4-7(11)6(10-8(12)13)3-5-1-2-5/h5-7,10-11H,1-3H2,(H,12,13). The third-order valence-corrected chi connectivity index (χ3v) is 2.11. The van der Waals surface area contributed by atoms with E-state index in [9.17, 15) is 4.79 Å². The first-order chi connectivity index (χ1) is 6.13. The van der Waals surface area contributed by atoms with Crippen LogP contribution in [0.5, 0.6) is 0 Å². The molecule has 0 bridgehead atoms. The molecule has 13 heavy (non-hydrogen) atoms. The van der Waals surface area contributed by atoms with Crippen molar-refractivity contribution in [2.24, 2.45) is 5.92 Å². The Bertz CT molecular complexity index is 232. The third kappa shape index (κ3) is 3.30. The molecule has 0 aliphatic heterocycles. The second-order valence-corrected chi connectivity index (χ2v) is 3.31. The molecule has 0 aromatic rings. The topological polar surface area (TPSA) is 93.4 Å². The third-order valence-electron chi connectivity index (χ3n) is 2.11. The van der Waals surface area contributed by atoms with Crippen molar-refractivity contribution >= 4 is 6.09 Å². The number of rotatable bonds is 4. The average Bonchev–Trinajstić information content (AvgIpc) is 2.85. The van der Waals surface area contributed by atoms with E-state index in [1.54, 1.807) is 6.07 Å². The highest BCUT2D eigenvalue weighted by Gasteiger charge is 2.30. The Balaban J connectivity index is 2.42. The first kappa shape index (κ1) is 9.81. The quantitative estimate of drug-likeness (QED) is 0.548. The number of aliphatic hydroxyl groups is 1. The summed E-state index contributed by atoms with van der Waals surface area (Å²) in [5, 5.41) is 28.2. The maximum atomic E-state index is 10.3. The summed E-state index contributed by atoms with van der Waals surface area (Å²) in [5.74, 6) is 0.472. The highest BCUT2D eigenvalue weighted by Crippen LogP contribution is 2.34. The fraction of sp³-hybridized carbons (Fsp3) is 0.750. The highest BCUT2D eigenvalue weighted by atomic mass is 16.4. The molecule has 72 valence electrons. The van der Waals surface area contributed by atoms with Gasteiger partial charge in [0.05, 0.1) is 12.1 Å². The van der Waals surface area contributed by atoms with Crippen molar-refractivity contribution in [2.75, 3.05) is 0 Å². The zero-order valence-corrected chi connectivity index (χ0v) is 7.10. The van der Waals surface area contributed by atoms with E-state index in [-0.39, 0.29) is 0 Å². The van der Waals surface area contributed by atoms with Crippen LogP contribution < -0.4 is 5.32 Å². The van der Waals surface area contributed by atoms with Crippen molar-refractivity contribution in [3.05, 3.63) is 0 Å². The Kier molecular flexibility index (Phi) is 3.09. The number of hydrogen-bond acceptors (Lipinski definition) is 3. The van der Waals surface area contributed by atoms with Crippen LogP contribution >= 0.6 is 0 Å². The van der Waals surface area contributed by atoms with Gasteiger partial charge in [0.15, 0.2) is 6.10 Å². The van der Waals surface area contributed by atoms with Crippen LogP contribution in [0.3, 0.4) is 0 Å². The molecule has 0 radical (unpaired) electrons. The van der Waals surface area contributed by atoms with E-state index < -0.39 is 18.2 Å². The van der Waals surface area contributed by atoms with Gasteiger partial charge >= 0.3 is 6.09 Å². The summed E-state index contributed by atoms with van der Waals surface area (Å²) in [6.07, 6.45) is 0.254. The number of aliphatic hydroxyl groups excluding tert-OH is 1. The van der Waals surface area contributed by atoms with Gasteiger partial charge < -0.3 is 15.5 Å². The van der Waals surface area contributed by atoms with Gasteiger partial charge in [0.25, 0.3) is 0 Å². The summed E-state index contributed by atoms with van der Waals surface area (Å²) in [7, 11) is 0. The van der Waals surface area contributed by atoms with Gasteiger partial charge in [-0.15, -0.1) is 0 Å². The molecule has 2 atom stereocenters. The molecule has 5 heteroatoms. The molecule has 1 fully saturated rings. The molecular weight excluding hydrogens is 172 g/mol. The van der Waals surface area contributed by atoms with Crippen LogP contribution in [0.1, 0.15) is 19.3 Å². The van der Waals surface area contributed by atoms with E-state index in [0.29, 0.717) is 12.3 Å². The number of nitrogens with one attached hydrogen (secondary N) is 1. The Morgan fingerprint density at radius 3 is 2.69 bits per heavy atom. The van der Waals surface area contributed by atoms with Gasteiger partial charge in [-0.1, -0.05) is 12.8 Å². The Hall–Kier alpha value is -1.28. The molecule has 1 rings (SSSR count).